The molecule has 3 atom stereocenters. The molecular formula is C17H20. The topological polar surface area (TPSA) is 0 Å². The third-order valence-corrected chi connectivity index (χ3v) is 5.34. The van der Waals surface area contributed by atoms with Gasteiger partial charge in [0, 0.05) is 0 Å². The maximum absolute atomic E-state index is 2.54. The van der Waals surface area contributed by atoms with E-state index in [4.69, 9.17) is 0 Å². The number of benzene rings is 1. The summed E-state index contributed by atoms with van der Waals surface area (Å²) in [6.45, 7) is 0. The lowest BCUT2D eigenvalue weighted by Crippen LogP contribution is -2.31. The Morgan fingerprint density at radius 1 is 0.882 bits per heavy atom. The summed E-state index contributed by atoms with van der Waals surface area (Å²) < 4.78 is 0. The van der Waals surface area contributed by atoms with Crippen LogP contribution in [0.1, 0.15) is 49.1 Å². The predicted octanol–water partition coefficient (Wildman–Crippen LogP) is 4.46. The first-order chi connectivity index (χ1) is 8.43. The average Bonchev–Trinajstić information content (AvgIpc) is 2.86. The minimum atomic E-state index is 0.875. The van der Waals surface area contributed by atoms with Gasteiger partial charge in [0.1, 0.15) is 0 Å². The van der Waals surface area contributed by atoms with E-state index in [1.54, 1.807) is 11.1 Å². The Kier molecular flexibility index (Phi) is 2.18. The molecule has 0 radical (unpaired) electrons. The summed E-state index contributed by atoms with van der Waals surface area (Å²) in [6, 6.07) is 9.20. The molecule has 1 fully saturated rings. The fourth-order valence-corrected chi connectivity index (χ4v) is 4.61. The highest BCUT2D eigenvalue weighted by molar-refractivity contribution is 5.36. The first kappa shape index (κ1) is 9.94. The number of hydrogen-bond donors (Lipinski definition) is 0. The fourth-order valence-electron chi connectivity index (χ4n) is 4.61. The van der Waals surface area contributed by atoms with E-state index in [1.165, 1.54) is 38.5 Å². The van der Waals surface area contributed by atoms with Crippen molar-refractivity contribution < 1.29 is 0 Å². The van der Waals surface area contributed by atoms with Crippen molar-refractivity contribution >= 4 is 0 Å². The van der Waals surface area contributed by atoms with Crippen molar-refractivity contribution in [3.8, 4) is 0 Å². The maximum Gasteiger partial charge on any atom is -0.0122 e. The molecule has 0 unspecified atom stereocenters. The van der Waals surface area contributed by atoms with E-state index in [9.17, 15) is 0 Å². The van der Waals surface area contributed by atoms with Crippen LogP contribution in [0.15, 0.2) is 35.9 Å². The van der Waals surface area contributed by atoms with Crippen molar-refractivity contribution in [3.63, 3.8) is 0 Å². The third-order valence-electron chi connectivity index (χ3n) is 5.34. The molecule has 0 nitrogen and oxygen atoms in total. The number of fused-ring (bicyclic) bond motifs is 5. The highest BCUT2D eigenvalue weighted by Crippen LogP contribution is 2.52. The van der Waals surface area contributed by atoms with E-state index in [1.807, 2.05) is 5.57 Å². The molecule has 1 saturated carbocycles. The zero-order chi connectivity index (χ0) is 11.2. The van der Waals surface area contributed by atoms with Crippen molar-refractivity contribution in [1.82, 2.24) is 0 Å². The zero-order valence-corrected chi connectivity index (χ0v) is 10.4. The van der Waals surface area contributed by atoms with Crippen LogP contribution < -0.4 is 0 Å². The Labute approximate surface area is 104 Å². The van der Waals surface area contributed by atoms with Gasteiger partial charge in [-0.3, -0.25) is 0 Å². The van der Waals surface area contributed by atoms with E-state index in [2.05, 4.69) is 30.3 Å². The van der Waals surface area contributed by atoms with Gasteiger partial charge in [-0.15, -0.1) is 0 Å². The molecule has 3 aliphatic rings. The number of aryl methyl sites for hydroxylation is 1. The molecule has 0 heterocycles. The summed E-state index contributed by atoms with van der Waals surface area (Å²) in [5.74, 6) is 2.79. The summed E-state index contributed by atoms with van der Waals surface area (Å²) in [4.78, 5) is 0. The minimum Gasteiger partial charge on any atom is -0.0850 e. The molecule has 3 aliphatic carbocycles. The molecule has 0 spiro atoms. The van der Waals surface area contributed by atoms with E-state index in [0.717, 1.165) is 17.8 Å². The van der Waals surface area contributed by atoms with E-state index in [0.29, 0.717) is 0 Å². The molecule has 0 heteroatoms. The van der Waals surface area contributed by atoms with Gasteiger partial charge in [-0.05, 0) is 67.4 Å². The molecule has 0 saturated heterocycles. The maximum atomic E-state index is 2.54. The van der Waals surface area contributed by atoms with Gasteiger partial charge in [-0.2, -0.15) is 0 Å². The second-order valence-electron chi connectivity index (χ2n) is 6.01. The van der Waals surface area contributed by atoms with Crippen LogP contribution >= 0.6 is 0 Å². The molecule has 1 aromatic carbocycles. The predicted molar refractivity (Wildman–Crippen MR) is 71.0 cm³/mol. The van der Waals surface area contributed by atoms with Gasteiger partial charge >= 0.3 is 0 Å². The van der Waals surface area contributed by atoms with Crippen molar-refractivity contribution in [2.24, 2.45) is 11.8 Å². The minimum absolute atomic E-state index is 0.875. The quantitative estimate of drug-likeness (QED) is 0.571. The molecule has 88 valence electrons. The lowest BCUT2D eigenvalue weighted by Gasteiger charge is -2.42. The second-order valence-corrected chi connectivity index (χ2v) is 6.01. The molecule has 0 aliphatic heterocycles. The van der Waals surface area contributed by atoms with E-state index < -0.39 is 0 Å². The monoisotopic (exact) mass is 224 g/mol. The summed E-state index contributed by atoms with van der Waals surface area (Å²) in [6.07, 6.45) is 10.9. The van der Waals surface area contributed by atoms with Gasteiger partial charge in [-0.25, -0.2) is 0 Å². The lowest BCUT2D eigenvalue weighted by atomic mass is 9.62. The molecule has 4 rings (SSSR count). The SMILES string of the molecule is C1=C2CC[C@@H]3c4ccccc4CC[C@H]3[C@@H]2CC1. The van der Waals surface area contributed by atoms with Crippen LogP contribution in [-0.2, 0) is 6.42 Å². The largest absolute Gasteiger partial charge is 0.0850 e. The van der Waals surface area contributed by atoms with Gasteiger partial charge in [0.15, 0.2) is 0 Å². The molecule has 1 aromatic rings. The summed E-state index contributed by atoms with van der Waals surface area (Å²) in [7, 11) is 0. The van der Waals surface area contributed by atoms with Crippen molar-refractivity contribution in [2.45, 2.75) is 44.4 Å². The molecular weight excluding hydrogens is 204 g/mol. The van der Waals surface area contributed by atoms with Gasteiger partial charge < -0.3 is 0 Å². The summed E-state index contributed by atoms with van der Waals surface area (Å²) >= 11 is 0. The molecule has 0 aromatic heterocycles. The first-order valence-electron chi connectivity index (χ1n) is 7.20. The number of allylic oxidation sites excluding steroid dienone is 2. The van der Waals surface area contributed by atoms with E-state index >= 15 is 0 Å². The van der Waals surface area contributed by atoms with Crippen LogP contribution in [0.25, 0.3) is 0 Å². The van der Waals surface area contributed by atoms with Crippen LogP contribution in [0.4, 0.5) is 0 Å². The van der Waals surface area contributed by atoms with Crippen LogP contribution in [0.5, 0.6) is 0 Å². The van der Waals surface area contributed by atoms with Gasteiger partial charge in [0.05, 0.1) is 0 Å². The van der Waals surface area contributed by atoms with Gasteiger partial charge in [0.2, 0.25) is 0 Å². The Morgan fingerprint density at radius 3 is 2.82 bits per heavy atom. The van der Waals surface area contributed by atoms with Gasteiger partial charge in [-0.1, -0.05) is 35.9 Å². The fraction of sp³-hybridized carbons (Fsp3) is 0.529. The van der Waals surface area contributed by atoms with Crippen LogP contribution in [0.2, 0.25) is 0 Å². The Morgan fingerprint density at radius 2 is 1.82 bits per heavy atom. The first-order valence-corrected chi connectivity index (χ1v) is 7.20. The molecule has 0 bridgehead atoms. The highest BCUT2D eigenvalue weighted by atomic mass is 14.4. The lowest BCUT2D eigenvalue weighted by molar-refractivity contribution is 0.234. The summed E-state index contributed by atoms with van der Waals surface area (Å²) in [5, 5.41) is 0. The van der Waals surface area contributed by atoms with Crippen LogP contribution in [0, 0.1) is 11.8 Å². The second kappa shape index (κ2) is 3.73. The Balaban J connectivity index is 1.74. The molecule has 0 N–H and O–H groups in total. The molecule has 0 amide bonds. The van der Waals surface area contributed by atoms with Crippen LogP contribution in [0.3, 0.4) is 0 Å². The smallest absolute Gasteiger partial charge is 0.0122 e. The standard InChI is InChI=1S/C17H20/c1-2-6-14-12(4-1)8-10-17-15-7-3-5-13(15)9-11-16(14)17/h1-2,4-6,15-17H,3,7-11H2/t15-,16-,17+/m1/s1. The average molecular weight is 224 g/mol. The summed E-state index contributed by atoms with van der Waals surface area (Å²) in [5.41, 5.74) is 5.14. The Bertz CT molecular complexity index is 469. The molecule has 17 heavy (non-hydrogen) atoms. The van der Waals surface area contributed by atoms with Crippen molar-refractivity contribution in [3.05, 3.63) is 47.0 Å². The van der Waals surface area contributed by atoms with Gasteiger partial charge in [0.25, 0.3) is 0 Å². The third kappa shape index (κ3) is 1.43. The van der Waals surface area contributed by atoms with Crippen LogP contribution in [-0.4, -0.2) is 0 Å². The van der Waals surface area contributed by atoms with Crippen molar-refractivity contribution in [1.29, 1.82) is 0 Å². The zero-order valence-electron chi connectivity index (χ0n) is 10.4. The number of rotatable bonds is 0. The highest BCUT2D eigenvalue weighted by Gasteiger charge is 2.40. The van der Waals surface area contributed by atoms with E-state index in [-0.39, 0.29) is 0 Å². The normalized spacial score (nSPS) is 34.6. The number of hydrogen-bond acceptors (Lipinski definition) is 0. The van der Waals surface area contributed by atoms with Crippen molar-refractivity contribution in [2.75, 3.05) is 0 Å². The Hall–Kier alpha value is -1.04.